The van der Waals surface area contributed by atoms with Gasteiger partial charge in [-0.05, 0) is 28.5 Å². The molecule has 0 saturated carbocycles. The number of halogens is 2. The number of rotatable bonds is 3. The van der Waals surface area contributed by atoms with E-state index in [-0.39, 0.29) is 0 Å². The Hall–Kier alpha value is -0.540. The summed E-state index contributed by atoms with van der Waals surface area (Å²) in [5.74, 6) is 0. The minimum Gasteiger partial charge on any atom is -0.388 e. The highest BCUT2D eigenvalue weighted by Gasteiger charge is 2.14. The fourth-order valence-electron chi connectivity index (χ4n) is 1.52. The molecule has 1 atom stereocenters. The summed E-state index contributed by atoms with van der Waals surface area (Å²) in [4.78, 5) is 0. The number of benzene rings is 1. The zero-order valence-electron chi connectivity index (χ0n) is 8.36. The van der Waals surface area contributed by atoms with Crippen molar-refractivity contribution in [2.24, 2.45) is 0 Å². The van der Waals surface area contributed by atoms with E-state index < -0.39 is 6.10 Å². The van der Waals surface area contributed by atoms with Crippen LogP contribution in [0, 0.1) is 0 Å². The molecule has 0 aliphatic heterocycles. The quantitative estimate of drug-likeness (QED) is 0.882. The molecular weight excluding hydrogens is 263 g/mol. The van der Waals surface area contributed by atoms with Crippen LogP contribution in [-0.2, 0) is 6.42 Å². The highest BCUT2D eigenvalue weighted by Crippen LogP contribution is 2.31. The van der Waals surface area contributed by atoms with Crippen LogP contribution in [0.5, 0.6) is 0 Å². The Balaban J connectivity index is 2.21. The summed E-state index contributed by atoms with van der Waals surface area (Å²) in [6.45, 7) is 0. The second-order valence-corrected chi connectivity index (χ2v) is 5.06. The van der Waals surface area contributed by atoms with E-state index in [1.54, 1.807) is 29.5 Å². The fraction of sp³-hybridized carbons (Fsp3) is 0.167. The lowest BCUT2D eigenvalue weighted by Crippen LogP contribution is -2.01. The van der Waals surface area contributed by atoms with E-state index in [0.29, 0.717) is 22.0 Å². The summed E-state index contributed by atoms with van der Waals surface area (Å²) in [6, 6.07) is 7.29. The summed E-state index contributed by atoms with van der Waals surface area (Å²) in [7, 11) is 0. The minimum absolute atomic E-state index is 0.437. The SMILES string of the molecule is OC(Cc1ccsc1)c1cccc(Cl)c1Cl. The van der Waals surface area contributed by atoms with Gasteiger partial charge in [-0.1, -0.05) is 35.3 Å². The molecule has 16 heavy (non-hydrogen) atoms. The Morgan fingerprint density at radius 2 is 2.06 bits per heavy atom. The van der Waals surface area contributed by atoms with Gasteiger partial charge in [0.05, 0.1) is 16.1 Å². The van der Waals surface area contributed by atoms with Gasteiger partial charge in [0.25, 0.3) is 0 Å². The Labute approximate surface area is 108 Å². The summed E-state index contributed by atoms with van der Waals surface area (Å²) >= 11 is 13.6. The van der Waals surface area contributed by atoms with Gasteiger partial charge >= 0.3 is 0 Å². The van der Waals surface area contributed by atoms with Crippen LogP contribution in [0.3, 0.4) is 0 Å². The molecule has 1 aromatic heterocycles. The smallest absolute Gasteiger partial charge is 0.0845 e. The molecule has 0 aliphatic carbocycles. The van der Waals surface area contributed by atoms with Crippen molar-refractivity contribution in [2.45, 2.75) is 12.5 Å². The van der Waals surface area contributed by atoms with Crippen molar-refractivity contribution >= 4 is 34.5 Å². The van der Waals surface area contributed by atoms with Gasteiger partial charge in [0.1, 0.15) is 0 Å². The van der Waals surface area contributed by atoms with Gasteiger partial charge in [0.15, 0.2) is 0 Å². The first-order chi connectivity index (χ1) is 7.68. The topological polar surface area (TPSA) is 20.2 Å². The van der Waals surface area contributed by atoms with Gasteiger partial charge in [-0.3, -0.25) is 0 Å². The van der Waals surface area contributed by atoms with Crippen LogP contribution in [0.4, 0.5) is 0 Å². The van der Waals surface area contributed by atoms with E-state index in [2.05, 4.69) is 0 Å². The molecule has 0 radical (unpaired) electrons. The van der Waals surface area contributed by atoms with Crippen molar-refractivity contribution in [3.8, 4) is 0 Å². The largest absolute Gasteiger partial charge is 0.388 e. The van der Waals surface area contributed by atoms with Crippen LogP contribution in [0.15, 0.2) is 35.0 Å². The highest BCUT2D eigenvalue weighted by atomic mass is 35.5. The van der Waals surface area contributed by atoms with Crippen LogP contribution >= 0.6 is 34.5 Å². The summed E-state index contributed by atoms with van der Waals surface area (Å²) in [5, 5.41) is 15.0. The van der Waals surface area contributed by atoms with Crippen LogP contribution in [0.2, 0.25) is 10.0 Å². The zero-order chi connectivity index (χ0) is 11.5. The highest BCUT2D eigenvalue weighted by molar-refractivity contribution is 7.07. The number of hydrogen-bond donors (Lipinski definition) is 1. The van der Waals surface area contributed by atoms with E-state index in [1.807, 2.05) is 16.8 Å². The minimum atomic E-state index is -0.610. The monoisotopic (exact) mass is 272 g/mol. The number of hydrogen-bond acceptors (Lipinski definition) is 2. The van der Waals surface area contributed by atoms with Crippen LogP contribution in [0.1, 0.15) is 17.2 Å². The molecule has 4 heteroatoms. The van der Waals surface area contributed by atoms with Crippen molar-refractivity contribution in [2.75, 3.05) is 0 Å². The third-order valence-electron chi connectivity index (χ3n) is 2.35. The molecule has 2 aromatic rings. The standard InChI is InChI=1S/C12H10Cl2OS/c13-10-3-1-2-9(12(10)14)11(15)6-8-4-5-16-7-8/h1-5,7,11,15H,6H2. The predicted molar refractivity (Wildman–Crippen MR) is 69.4 cm³/mol. The van der Waals surface area contributed by atoms with E-state index in [1.165, 1.54) is 0 Å². The van der Waals surface area contributed by atoms with Crippen molar-refractivity contribution in [1.29, 1.82) is 0 Å². The Morgan fingerprint density at radius 3 is 2.75 bits per heavy atom. The molecule has 1 N–H and O–H groups in total. The molecule has 84 valence electrons. The number of aliphatic hydroxyl groups excluding tert-OH is 1. The number of aliphatic hydroxyl groups is 1. The summed E-state index contributed by atoms with van der Waals surface area (Å²) in [6.07, 6.45) is -0.0513. The Morgan fingerprint density at radius 1 is 1.25 bits per heavy atom. The molecule has 1 heterocycles. The first kappa shape index (κ1) is 11.9. The molecule has 0 amide bonds. The molecule has 0 saturated heterocycles. The lowest BCUT2D eigenvalue weighted by Gasteiger charge is -2.12. The van der Waals surface area contributed by atoms with E-state index in [0.717, 1.165) is 5.56 Å². The molecule has 1 unspecified atom stereocenters. The Bertz CT molecular complexity index is 468. The van der Waals surface area contributed by atoms with Crippen LogP contribution in [0.25, 0.3) is 0 Å². The van der Waals surface area contributed by atoms with Gasteiger partial charge in [-0.2, -0.15) is 11.3 Å². The zero-order valence-corrected chi connectivity index (χ0v) is 10.7. The van der Waals surface area contributed by atoms with Crippen molar-refractivity contribution in [3.05, 3.63) is 56.2 Å². The first-order valence-corrected chi connectivity index (χ1v) is 6.51. The summed E-state index contributed by atoms with van der Waals surface area (Å²) < 4.78 is 0. The second-order valence-electron chi connectivity index (χ2n) is 3.49. The first-order valence-electron chi connectivity index (χ1n) is 4.81. The molecule has 0 fully saturated rings. The third-order valence-corrected chi connectivity index (χ3v) is 3.92. The molecular formula is C12H10Cl2OS. The van der Waals surface area contributed by atoms with Crippen LogP contribution < -0.4 is 0 Å². The molecule has 1 nitrogen and oxygen atoms in total. The van der Waals surface area contributed by atoms with Gasteiger partial charge in [-0.25, -0.2) is 0 Å². The second kappa shape index (κ2) is 5.19. The molecule has 2 rings (SSSR count). The average molecular weight is 273 g/mol. The fourth-order valence-corrected chi connectivity index (χ4v) is 2.64. The van der Waals surface area contributed by atoms with E-state index in [9.17, 15) is 5.11 Å². The van der Waals surface area contributed by atoms with Gasteiger partial charge in [0.2, 0.25) is 0 Å². The maximum Gasteiger partial charge on any atom is 0.0845 e. The predicted octanol–water partition coefficient (Wildman–Crippen LogP) is 4.33. The normalized spacial score (nSPS) is 12.7. The maximum absolute atomic E-state index is 10.1. The molecule has 0 aliphatic rings. The van der Waals surface area contributed by atoms with E-state index >= 15 is 0 Å². The van der Waals surface area contributed by atoms with Crippen LogP contribution in [-0.4, -0.2) is 5.11 Å². The molecule has 0 spiro atoms. The van der Waals surface area contributed by atoms with Crippen molar-refractivity contribution in [3.63, 3.8) is 0 Å². The van der Waals surface area contributed by atoms with Gasteiger partial charge in [-0.15, -0.1) is 0 Å². The van der Waals surface area contributed by atoms with Gasteiger partial charge < -0.3 is 5.11 Å². The maximum atomic E-state index is 10.1. The Kier molecular flexibility index (Phi) is 3.87. The lowest BCUT2D eigenvalue weighted by atomic mass is 10.0. The lowest BCUT2D eigenvalue weighted by molar-refractivity contribution is 0.178. The average Bonchev–Trinajstić information content (AvgIpc) is 2.74. The molecule has 1 aromatic carbocycles. The van der Waals surface area contributed by atoms with Crippen molar-refractivity contribution < 1.29 is 5.11 Å². The van der Waals surface area contributed by atoms with Gasteiger partial charge in [0, 0.05) is 12.0 Å². The van der Waals surface area contributed by atoms with Crippen molar-refractivity contribution in [1.82, 2.24) is 0 Å². The molecule has 0 bridgehead atoms. The van der Waals surface area contributed by atoms with E-state index in [4.69, 9.17) is 23.2 Å². The third kappa shape index (κ3) is 2.58. The number of thiophene rings is 1. The summed E-state index contributed by atoms with van der Waals surface area (Å²) in [5.41, 5.74) is 1.79.